The third kappa shape index (κ3) is 8.05. The molecule has 1 aromatic heterocycles. The smallest absolute Gasteiger partial charge is 0.413 e. The molecule has 2 heterocycles. The molecule has 3 rings (SSSR count). The predicted octanol–water partition coefficient (Wildman–Crippen LogP) is 1.66. The Balaban J connectivity index is 1.60. The fraction of sp³-hybridized carbons (Fsp3) is 0.440. The summed E-state index contributed by atoms with van der Waals surface area (Å²) in [5.74, 6) is -1.25. The second-order valence-electron chi connectivity index (χ2n) is 9.57. The molecule has 13 nitrogen and oxygen atoms in total. The van der Waals surface area contributed by atoms with Gasteiger partial charge in [0.25, 0.3) is 0 Å². The van der Waals surface area contributed by atoms with Crippen LogP contribution >= 0.6 is 0 Å². The first-order chi connectivity index (χ1) is 17.9. The molecule has 1 aromatic carbocycles. The Labute approximate surface area is 219 Å². The summed E-state index contributed by atoms with van der Waals surface area (Å²) in [6.45, 7) is 4.79. The number of amides is 3. The molecule has 1 aliphatic rings. The molecule has 2 aromatic rings. The van der Waals surface area contributed by atoms with Crippen LogP contribution in [0.15, 0.2) is 47.4 Å². The van der Waals surface area contributed by atoms with E-state index in [-0.39, 0.29) is 25.4 Å². The normalized spacial score (nSPS) is 16.9. The van der Waals surface area contributed by atoms with Crippen molar-refractivity contribution in [3.8, 4) is 0 Å². The van der Waals surface area contributed by atoms with Gasteiger partial charge in [0.1, 0.15) is 30.6 Å². The molecular formula is C25H31N5O8. The number of nitrogens with one attached hydrogen (secondary N) is 2. The average Bonchev–Trinajstić information content (AvgIpc) is 3.27. The van der Waals surface area contributed by atoms with E-state index in [2.05, 4.69) is 15.6 Å². The summed E-state index contributed by atoms with van der Waals surface area (Å²) in [5, 5.41) is 5.02. The molecular weight excluding hydrogens is 498 g/mol. The van der Waals surface area contributed by atoms with Gasteiger partial charge in [-0.2, -0.15) is 4.98 Å². The molecule has 0 bridgehead atoms. The van der Waals surface area contributed by atoms with E-state index in [0.717, 1.165) is 10.1 Å². The molecule has 13 heteroatoms. The van der Waals surface area contributed by atoms with Gasteiger partial charge in [-0.3, -0.25) is 14.7 Å². The lowest BCUT2D eigenvalue weighted by molar-refractivity contribution is -0.151. The molecule has 1 saturated heterocycles. The van der Waals surface area contributed by atoms with Crippen molar-refractivity contribution >= 4 is 29.9 Å². The van der Waals surface area contributed by atoms with Gasteiger partial charge in [-0.15, -0.1) is 0 Å². The van der Waals surface area contributed by atoms with Gasteiger partial charge in [-0.1, -0.05) is 30.3 Å². The van der Waals surface area contributed by atoms with Crippen molar-refractivity contribution in [3.05, 3.63) is 58.6 Å². The second kappa shape index (κ2) is 12.2. The van der Waals surface area contributed by atoms with Gasteiger partial charge in [0.15, 0.2) is 0 Å². The van der Waals surface area contributed by atoms with Crippen molar-refractivity contribution in [2.75, 3.05) is 19.0 Å². The van der Waals surface area contributed by atoms with Crippen LogP contribution in [0.25, 0.3) is 0 Å². The lowest BCUT2D eigenvalue weighted by Gasteiger charge is -2.23. The number of hydrogen-bond donors (Lipinski definition) is 2. The highest BCUT2D eigenvalue weighted by Gasteiger charge is 2.41. The van der Waals surface area contributed by atoms with Crippen molar-refractivity contribution in [3.63, 3.8) is 0 Å². The van der Waals surface area contributed by atoms with E-state index in [9.17, 15) is 24.0 Å². The topological polar surface area (TPSA) is 158 Å². The molecule has 2 atom stereocenters. The number of carbonyl (C=O) groups is 4. The number of anilines is 1. The number of rotatable bonds is 7. The van der Waals surface area contributed by atoms with E-state index in [1.807, 2.05) is 18.2 Å². The van der Waals surface area contributed by atoms with E-state index in [0.29, 0.717) is 0 Å². The SMILES string of the molecule is COC(=O)[C@@H]1C[C@H](NC(=O)OC(C)(C)C)CN1C(=O)Cn1ccc(NC(=O)OCc2ccccc2)nc1=O. The van der Waals surface area contributed by atoms with Gasteiger partial charge in [0.05, 0.1) is 13.2 Å². The minimum Gasteiger partial charge on any atom is -0.467 e. The van der Waals surface area contributed by atoms with Gasteiger partial charge in [0.2, 0.25) is 5.91 Å². The maximum Gasteiger partial charge on any atom is 0.413 e. The van der Waals surface area contributed by atoms with E-state index in [1.165, 1.54) is 24.3 Å². The first kappa shape index (κ1) is 28.2. The molecule has 2 N–H and O–H groups in total. The molecule has 204 valence electrons. The maximum atomic E-state index is 13.0. The van der Waals surface area contributed by atoms with Crippen LogP contribution in [-0.2, 0) is 37.0 Å². The summed E-state index contributed by atoms with van der Waals surface area (Å²) in [7, 11) is 1.20. The van der Waals surface area contributed by atoms with Crippen LogP contribution in [0.2, 0.25) is 0 Å². The lowest BCUT2D eigenvalue weighted by Crippen LogP contribution is -2.45. The number of esters is 1. The van der Waals surface area contributed by atoms with E-state index in [1.54, 1.807) is 32.9 Å². The fourth-order valence-electron chi connectivity index (χ4n) is 3.77. The van der Waals surface area contributed by atoms with Crippen LogP contribution in [0, 0.1) is 0 Å². The van der Waals surface area contributed by atoms with Gasteiger partial charge in [-0.25, -0.2) is 19.2 Å². The van der Waals surface area contributed by atoms with Crippen LogP contribution in [0.1, 0.15) is 32.8 Å². The predicted molar refractivity (Wildman–Crippen MR) is 134 cm³/mol. The zero-order valence-corrected chi connectivity index (χ0v) is 21.6. The second-order valence-corrected chi connectivity index (χ2v) is 9.57. The molecule has 38 heavy (non-hydrogen) atoms. The molecule has 0 spiro atoms. The van der Waals surface area contributed by atoms with Crippen molar-refractivity contribution < 1.29 is 33.4 Å². The van der Waals surface area contributed by atoms with Crippen LogP contribution in [0.5, 0.6) is 0 Å². The fourth-order valence-corrected chi connectivity index (χ4v) is 3.77. The Kier molecular flexibility index (Phi) is 9.05. The number of nitrogens with zero attached hydrogens (tertiary/aromatic N) is 3. The first-order valence-electron chi connectivity index (χ1n) is 11.9. The van der Waals surface area contributed by atoms with Gasteiger partial charge < -0.3 is 24.4 Å². The van der Waals surface area contributed by atoms with Crippen molar-refractivity contribution in [1.29, 1.82) is 0 Å². The number of likely N-dealkylation sites (tertiary alicyclic amines) is 1. The van der Waals surface area contributed by atoms with Crippen molar-refractivity contribution in [2.45, 2.75) is 58.0 Å². The number of hydrogen-bond acceptors (Lipinski definition) is 9. The van der Waals surface area contributed by atoms with E-state index in [4.69, 9.17) is 14.2 Å². The summed E-state index contributed by atoms with van der Waals surface area (Å²) in [6.07, 6.45) is -0.0550. The quantitative estimate of drug-likeness (QED) is 0.402. The Morgan fingerprint density at radius 3 is 2.42 bits per heavy atom. The van der Waals surface area contributed by atoms with Crippen LogP contribution < -0.4 is 16.3 Å². The summed E-state index contributed by atoms with van der Waals surface area (Å²) >= 11 is 0. The Morgan fingerprint density at radius 2 is 1.79 bits per heavy atom. The lowest BCUT2D eigenvalue weighted by atomic mass is 10.1. The Morgan fingerprint density at radius 1 is 1.08 bits per heavy atom. The standard InChI is InChI=1S/C25H31N5O8/c1-25(2,3)38-24(35)26-17-12-18(21(32)36-4)30(13-17)20(31)14-29-11-10-19(27-22(29)33)28-23(34)37-15-16-8-6-5-7-9-16/h5-11,17-18H,12-15H2,1-4H3,(H,26,35)(H,27,28,33,34)/t17-,18-/m0/s1. The average molecular weight is 530 g/mol. The van der Waals surface area contributed by atoms with Crippen molar-refractivity contribution in [1.82, 2.24) is 19.8 Å². The number of methoxy groups -OCH3 is 1. The molecule has 3 amide bonds. The summed E-state index contributed by atoms with van der Waals surface area (Å²) in [5.41, 5.74) is -0.718. The largest absolute Gasteiger partial charge is 0.467 e. The highest BCUT2D eigenvalue weighted by molar-refractivity contribution is 5.86. The van der Waals surface area contributed by atoms with Crippen molar-refractivity contribution in [2.24, 2.45) is 0 Å². The Hall–Kier alpha value is -4.42. The summed E-state index contributed by atoms with van der Waals surface area (Å²) < 4.78 is 16.2. The molecule has 0 saturated carbocycles. The van der Waals surface area contributed by atoms with E-state index < -0.39 is 54.0 Å². The zero-order chi connectivity index (χ0) is 27.9. The highest BCUT2D eigenvalue weighted by atomic mass is 16.6. The minimum atomic E-state index is -0.948. The number of carbonyl (C=O) groups excluding carboxylic acids is 4. The molecule has 1 aliphatic heterocycles. The molecule has 0 aliphatic carbocycles. The Bertz CT molecular complexity index is 1220. The van der Waals surface area contributed by atoms with E-state index >= 15 is 0 Å². The molecule has 0 radical (unpaired) electrons. The number of benzene rings is 1. The maximum absolute atomic E-state index is 13.0. The monoisotopic (exact) mass is 529 g/mol. The number of ether oxygens (including phenoxy) is 3. The first-order valence-corrected chi connectivity index (χ1v) is 11.9. The highest BCUT2D eigenvalue weighted by Crippen LogP contribution is 2.20. The third-order valence-electron chi connectivity index (χ3n) is 5.44. The minimum absolute atomic E-state index is 0.0208. The zero-order valence-electron chi connectivity index (χ0n) is 21.6. The van der Waals surface area contributed by atoms with Gasteiger partial charge in [0, 0.05) is 19.2 Å². The summed E-state index contributed by atoms with van der Waals surface area (Å²) in [6, 6.07) is 8.89. The third-order valence-corrected chi connectivity index (χ3v) is 5.44. The van der Waals surface area contributed by atoms with Crippen LogP contribution in [-0.4, -0.2) is 69.9 Å². The van der Waals surface area contributed by atoms with Gasteiger partial charge in [-0.05, 0) is 32.4 Å². The van der Waals surface area contributed by atoms with Crippen LogP contribution in [0.4, 0.5) is 15.4 Å². The molecule has 0 unspecified atom stereocenters. The summed E-state index contributed by atoms with van der Waals surface area (Å²) in [4.78, 5) is 67.0. The molecule has 1 fully saturated rings. The van der Waals surface area contributed by atoms with Crippen LogP contribution in [0.3, 0.4) is 0 Å². The van der Waals surface area contributed by atoms with Gasteiger partial charge >= 0.3 is 23.8 Å². The number of aromatic nitrogens is 2. The number of alkyl carbamates (subject to hydrolysis) is 1.